The van der Waals surface area contributed by atoms with Crippen molar-refractivity contribution in [1.82, 2.24) is 0 Å². The van der Waals surface area contributed by atoms with Crippen LogP contribution >= 0.6 is 0 Å². The van der Waals surface area contributed by atoms with E-state index in [0.29, 0.717) is 25.4 Å². The highest BCUT2D eigenvalue weighted by molar-refractivity contribution is 5.81. The lowest BCUT2D eigenvalue weighted by atomic mass is 9.97. The number of carboxylic acids is 1. The van der Waals surface area contributed by atoms with Gasteiger partial charge in [-0.1, -0.05) is 32.0 Å². The first-order valence-corrected chi connectivity index (χ1v) is 6.72. The van der Waals surface area contributed by atoms with Crippen LogP contribution in [0.25, 0.3) is 0 Å². The monoisotopic (exact) mass is 262 g/mol. The zero-order valence-corrected chi connectivity index (χ0v) is 11.8. The van der Waals surface area contributed by atoms with Crippen LogP contribution in [-0.4, -0.2) is 29.7 Å². The first-order chi connectivity index (χ1) is 8.85. The van der Waals surface area contributed by atoms with E-state index in [2.05, 4.69) is 43.9 Å². The lowest BCUT2D eigenvalue weighted by Crippen LogP contribution is -2.50. The molecule has 4 nitrogen and oxygen atoms in total. The summed E-state index contributed by atoms with van der Waals surface area (Å²) < 4.78 is 0. The van der Waals surface area contributed by atoms with Gasteiger partial charge in [-0.05, 0) is 30.4 Å². The van der Waals surface area contributed by atoms with E-state index in [0.717, 1.165) is 5.69 Å². The SMILES string of the molecule is Cc1cccc(C(C)C)c1N1CCC(N)(C(=O)O)C1. The van der Waals surface area contributed by atoms with E-state index in [-0.39, 0.29) is 0 Å². The molecule has 1 aliphatic rings. The number of para-hydroxylation sites is 1. The van der Waals surface area contributed by atoms with Crippen LogP contribution in [0.15, 0.2) is 18.2 Å². The first-order valence-electron chi connectivity index (χ1n) is 6.72. The molecule has 0 aromatic heterocycles. The van der Waals surface area contributed by atoms with E-state index in [1.165, 1.54) is 11.1 Å². The largest absolute Gasteiger partial charge is 0.480 e. The fourth-order valence-electron chi connectivity index (χ4n) is 2.78. The van der Waals surface area contributed by atoms with Gasteiger partial charge < -0.3 is 15.7 Å². The first kappa shape index (κ1) is 13.9. The predicted molar refractivity (Wildman–Crippen MR) is 76.7 cm³/mol. The summed E-state index contributed by atoms with van der Waals surface area (Å²) in [6, 6.07) is 6.24. The van der Waals surface area contributed by atoms with Gasteiger partial charge in [-0.2, -0.15) is 0 Å². The Labute approximate surface area is 114 Å². The molecular formula is C15H22N2O2. The maximum atomic E-state index is 11.3. The maximum Gasteiger partial charge on any atom is 0.325 e. The third kappa shape index (κ3) is 2.45. The van der Waals surface area contributed by atoms with E-state index >= 15 is 0 Å². The summed E-state index contributed by atoms with van der Waals surface area (Å²) in [5.41, 5.74) is 8.45. The lowest BCUT2D eigenvalue weighted by Gasteiger charge is -2.27. The van der Waals surface area contributed by atoms with Crippen LogP contribution in [0.5, 0.6) is 0 Å². The van der Waals surface area contributed by atoms with Crippen LogP contribution in [0, 0.1) is 6.92 Å². The summed E-state index contributed by atoms with van der Waals surface area (Å²) in [4.78, 5) is 13.4. The number of carbonyl (C=O) groups is 1. The molecule has 0 bridgehead atoms. The van der Waals surface area contributed by atoms with Crippen molar-refractivity contribution < 1.29 is 9.90 Å². The second-order valence-corrected chi connectivity index (χ2v) is 5.80. The van der Waals surface area contributed by atoms with E-state index in [1.807, 2.05) is 0 Å². The highest BCUT2D eigenvalue weighted by atomic mass is 16.4. The number of aryl methyl sites for hydroxylation is 1. The summed E-state index contributed by atoms with van der Waals surface area (Å²) in [5, 5.41) is 9.23. The van der Waals surface area contributed by atoms with Gasteiger partial charge in [0.05, 0.1) is 0 Å². The Bertz CT molecular complexity index is 499. The van der Waals surface area contributed by atoms with Gasteiger partial charge in [0.1, 0.15) is 5.54 Å². The number of nitrogens with two attached hydrogens (primary N) is 1. The summed E-state index contributed by atoms with van der Waals surface area (Å²) in [7, 11) is 0. The maximum absolute atomic E-state index is 11.3. The standard InChI is InChI=1S/C15H22N2O2/c1-10(2)12-6-4-5-11(3)13(12)17-8-7-15(16,9-17)14(18)19/h4-6,10H,7-9,16H2,1-3H3,(H,18,19). The molecule has 0 aliphatic carbocycles. The van der Waals surface area contributed by atoms with E-state index in [9.17, 15) is 9.90 Å². The number of benzene rings is 1. The molecule has 0 saturated carbocycles. The Morgan fingerprint density at radius 2 is 2.16 bits per heavy atom. The number of hydrogen-bond acceptors (Lipinski definition) is 3. The normalized spacial score (nSPS) is 23.1. The van der Waals surface area contributed by atoms with Gasteiger partial charge in [-0.3, -0.25) is 4.79 Å². The average molecular weight is 262 g/mol. The molecular weight excluding hydrogens is 240 g/mol. The predicted octanol–water partition coefficient (Wildman–Crippen LogP) is 2.11. The molecule has 1 aromatic carbocycles. The van der Waals surface area contributed by atoms with Crippen molar-refractivity contribution >= 4 is 11.7 Å². The summed E-state index contributed by atoms with van der Waals surface area (Å²) in [6.07, 6.45) is 0.494. The van der Waals surface area contributed by atoms with Gasteiger partial charge in [0.2, 0.25) is 0 Å². The second-order valence-electron chi connectivity index (χ2n) is 5.80. The number of hydrogen-bond donors (Lipinski definition) is 2. The van der Waals surface area contributed by atoms with Gasteiger partial charge in [0.15, 0.2) is 0 Å². The lowest BCUT2D eigenvalue weighted by molar-refractivity contribution is -0.142. The highest BCUT2D eigenvalue weighted by Gasteiger charge is 2.42. The van der Waals surface area contributed by atoms with Crippen LogP contribution < -0.4 is 10.6 Å². The summed E-state index contributed by atoms with van der Waals surface area (Å²) >= 11 is 0. The molecule has 1 aromatic rings. The topological polar surface area (TPSA) is 66.6 Å². The molecule has 1 fully saturated rings. The number of aliphatic carboxylic acids is 1. The van der Waals surface area contributed by atoms with Crippen molar-refractivity contribution in [2.45, 2.75) is 38.6 Å². The minimum absolute atomic E-state index is 0.382. The smallest absolute Gasteiger partial charge is 0.325 e. The number of carboxylic acid groups (broad SMARTS) is 1. The molecule has 104 valence electrons. The van der Waals surface area contributed by atoms with Crippen molar-refractivity contribution in [2.75, 3.05) is 18.0 Å². The molecule has 1 heterocycles. The molecule has 0 spiro atoms. The average Bonchev–Trinajstić information content (AvgIpc) is 2.72. The van der Waals surface area contributed by atoms with Crippen molar-refractivity contribution in [2.24, 2.45) is 5.73 Å². The van der Waals surface area contributed by atoms with Crippen LogP contribution in [-0.2, 0) is 4.79 Å². The van der Waals surface area contributed by atoms with Gasteiger partial charge in [-0.15, -0.1) is 0 Å². The molecule has 4 heteroatoms. The Hall–Kier alpha value is -1.55. The number of anilines is 1. The van der Waals surface area contributed by atoms with Crippen molar-refractivity contribution in [3.63, 3.8) is 0 Å². The van der Waals surface area contributed by atoms with Crippen LogP contribution in [0.4, 0.5) is 5.69 Å². The fourth-order valence-corrected chi connectivity index (χ4v) is 2.78. The Morgan fingerprint density at radius 1 is 1.47 bits per heavy atom. The third-order valence-corrected chi connectivity index (χ3v) is 3.93. The molecule has 0 amide bonds. The quantitative estimate of drug-likeness (QED) is 0.875. The van der Waals surface area contributed by atoms with Gasteiger partial charge in [0.25, 0.3) is 0 Å². The molecule has 19 heavy (non-hydrogen) atoms. The zero-order chi connectivity index (χ0) is 14.2. The van der Waals surface area contributed by atoms with Gasteiger partial charge >= 0.3 is 5.97 Å². The van der Waals surface area contributed by atoms with Gasteiger partial charge in [0, 0.05) is 18.8 Å². The Kier molecular flexibility index (Phi) is 3.54. The Morgan fingerprint density at radius 3 is 2.68 bits per heavy atom. The van der Waals surface area contributed by atoms with E-state index in [1.54, 1.807) is 0 Å². The third-order valence-electron chi connectivity index (χ3n) is 3.93. The van der Waals surface area contributed by atoms with Crippen LogP contribution in [0.1, 0.15) is 37.3 Å². The van der Waals surface area contributed by atoms with Crippen LogP contribution in [0.3, 0.4) is 0 Å². The molecule has 1 aliphatic heterocycles. The minimum Gasteiger partial charge on any atom is -0.480 e. The molecule has 0 radical (unpaired) electrons. The minimum atomic E-state index is -1.11. The molecule has 2 rings (SSSR count). The van der Waals surface area contributed by atoms with E-state index < -0.39 is 11.5 Å². The van der Waals surface area contributed by atoms with Crippen molar-refractivity contribution in [1.29, 1.82) is 0 Å². The van der Waals surface area contributed by atoms with E-state index in [4.69, 9.17) is 5.73 Å². The zero-order valence-electron chi connectivity index (χ0n) is 11.8. The van der Waals surface area contributed by atoms with Crippen molar-refractivity contribution in [3.05, 3.63) is 29.3 Å². The van der Waals surface area contributed by atoms with Crippen molar-refractivity contribution in [3.8, 4) is 0 Å². The highest BCUT2D eigenvalue weighted by Crippen LogP contribution is 2.34. The molecule has 3 N–H and O–H groups in total. The number of rotatable bonds is 3. The van der Waals surface area contributed by atoms with Gasteiger partial charge in [-0.25, -0.2) is 0 Å². The Balaban J connectivity index is 2.37. The van der Waals surface area contributed by atoms with Crippen LogP contribution in [0.2, 0.25) is 0 Å². The summed E-state index contributed by atoms with van der Waals surface area (Å²) in [5.74, 6) is -0.498. The summed E-state index contributed by atoms with van der Waals surface area (Å²) in [6.45, 7) is 7.46. The molecule has 1 unspecified atom stereocenters. The molecule has 1 atom stereocenters. The molecule has 1 saturated heterocycles. The number of nitrogens with zero attached hydrogens (tertiary/aromatic N) is 1. The second kappa shape index (κ2) is 4.85. The fraction of sp³-hybridized carbons (Fsp3) is 0.533.